The van der Waals surface area contributed by atoms with Gasteiger partial charge in [0.1, 0.15) is 0 Å². The smallest absolute Gasteiger partial charge is 0.310 e. The zero-order chi connectivity index (χ0) is 24.5. The van der Waals surface area contributed by atoms with Crippen molar-refractivity contribution in [2.75, 3.05) is 0 Å². The number of rotatable bonds is 5. The molecule has 2 aliphatic rings. The Kier molecular flexibility index (Phi) is 5.69. The van der Waals surface area contributed by atoms with Gasteiger partial charge >= 0.3 is 5.91 Å². The summed E-state index contributed by atoms with van der Waals surface area (Å²) in [5.74, 6) is -0.509. The molecule has 1 fully saturated rings. The molecule has 1 aliphatic carbocycles. The Bertz CT molecular complexity index is 1380. The van der Waals surface area contributed by atoms with Crippen LogP contribution in [-0.2, 0) is 0 Å². The van der Waals surface area contributed by atoms with Gasteiger partial charge in [-0.05, 0) is 54.2 Å². The Morgan fingerprint density at radius 2 is 1.77 bits per heavy atom. The van der Waals surface area contributed by atoms with Crippen molar-refractivity contribution in [3.8, 4) is 0 Å². The van der Waals surface area contributed by atoms with Crippen LogP contribution in [0.25, 0.3) is 6.08 Å². The molecule has 0 saturated heterocycles. The van der Waals surface area contributed by atoms with Gasteiger partial charge in [0.05, 0.1) is 27.9 Å². The fraction of sp³-hybridized carbons (Fsp3) is 0.200. The van der Waals surface area contributed by atoms with Crippen molar-refractivity contribution < 1.29 is 19.1 Å². The number of benzene rings is 2. The number of nitro groups is 2. The minimum atomic E-state index is -0.545. The normalized spacial score (nSPS) is 20.4. The standard InChI is InChI=1S/C25H20N4O6/c30-25(22-11-4-12-35-22)27-24(18-7-2-9-20(15-18)29(33)34)21-10-3-6-17(23(21)26-27)13-16-5-1-8-19(14-16)28(31)32/h1-2,4-5,7-9,11-15,21,24H,3,6,10H2/b17-13+/t21-,24+/m1/s1. The number of carbonyl (C=O) groups is 1. The second-order valence-corrected chi connectivity index (χ2v) is 8.43. The van der Waals surface area contributed by atoms with Gasteiger partial charge in [-0.1, -0.05) is 24.3 Å². The lowest BCUT2D eigenvalue weighted by Gasteiger charge is -2.29. The van der Waals surface area contributed by atoms with Crippen molar-refractivity contribution in [2.45, 2.75) is 25.3 Å². The third-order valence-electron chi connectivity index (χ3n) is 6.29. The molecule has 2 atom stereocenters. The SMILES string of the molecule is O=C(c1ccco1)N1N=C2/C(=C/c3cccc([N+](=O)[O-])c3)CCC[C@H]2[C@@H]1c1cccc([N+](=O)[O-])c1. The Morgan fingerprint density at radius 3 is 2.49 bits per heavy atom. The van der Waals surface area contributed by atoms with Gasteiger partial charge in [0.2, 0.25) is 0 Å². The van der Waals surface area contributed by atoms with Gasteiger partial charge in [-0.15, -0.1) is 0 Å². The topological polar surface area (TPSA) is 132 Å². The molecule has 1 aromatic heterocycles. The van der Waals surface area contributed by atoms with Crippen LogP contribution in [0.3, 0.4) is 0 Å². The molecule has 0 bridgehead atoms. The third kappa shape index (κ3) is 4.21. The van der Waals surface area contributed by atoms with Crippen LogP contribution in [0.4, 0.5) is 11.4 Å². The number of hydrogen-bond donors (Lipinski definition) is 0. The molecule has 5 rings (SSSR count). The summed E-state index contributed by atoms with van der Waals surface area (Å²) in [4.78, 5) is 35.0. The van der Waals surface area contributed by atoms with Crippen LogP contribution < -0.4 is 0 Å². The maximum atomic E-state index is 13.3. The van der Waals surface area contributed by atoms with Crippen LogP contribution in [0.1, 0.15) is 47.0 Å². The van der Waals surface area contributed by atoms with E-state index < -0.39 is 21.8 Å². The van der Waals surface area contributed by atoms with E-state index in [2.05, 4.69) is 0 Å². The highest BCUT2D eigenvalue weighted by Crippen LogP contribution is 2.45. The van der Waals surface area contributed by atoms with Gasteiger partial charge < -0.3 is 4.42 Å². The van der Waals surface area contributed by atoms with Gasteiger partial charge in [-0.3, -0.25) is 25.0 Å². The van der Waals surface area contributed by atoms with Crippen LogP contribution in [-0.4, -0.2) is 26.5 Å². The molecule has 10 nitrogen and oxygen atoms in total. The van der Waals surface area contributed by atoms with E-state index in [0.29, 0.717) is 23.3 Å². The van der Waals surface area contributed by atoms with E-state index in [9.17, 15) is 25.0 Å². The number of furan rings is 1. The highest BCUT2D eigenvalue weighted by Gasteiger charge is 2.44. The number of non-ortho nitro benzene ring substituents is 2. The summed E-state index contributed by atoms with van der Waals surface area (Å²) in [6, 6.07) is 15.2. The molecule has 3 aromatic rings. The van der Waals surface area contributed by atoms with E-state index in [-0.39, 0.29) is 23.1 Å². The monoisotopic (exact) mass is 472 g/mol. The van der Waals surface area contributed by atoms with E-state index >= 15 is 0 Å². The minimum absolute atomic E-state index is 0.0100. The van der Waals surface area contributed by atoms with E-state index in [1.54, 1.807) is 36.4 Å². The summed E-state index contributed by atoms with van der Waals surface area (Å²) in [6.45, 7) is 0. The molecule has 1 amide bonds. The molecular formula is C25H20N4O6. The summed E-state index contributed by atoms with van der Waals surface area (Å²) in [7, 11) is 0. The van der Waals surface area contributed by atoms with E-state index in [0.717, 1.165) is 18.4 Å². The Labute approximate surface area is 199 Å². The highest BCUT2D eigenvalue weighted by molar-refractivity contribution is 6.09. The van der Waals surface area contributed by atoms with Crippen molar-refractivity contribution in [2.24, 2.45) is 11.0 Å². The summed E-state index contributed by atoms with van der Waals surface area (Å²) >= 11 is 0. The summed E-state index contributed by atoms with van der Waals surface area (Å²) in [5, 5.41) is 28.7. The number of fused-ring (bicyclic) bond motifs is 1. The summed E-state index contributed by atoms with van der Waals surface area (Å²) in [6.07, 6.45) is 5.52. The second kappa shape index (κ2) is 8.98. The lowest BCUT2D eigenvalue weighted by molar-refractivity contribution is -0.385. The first-order chi connectivity index (χ1) is 16.9. The minimum Gasteiger partial charge on any atom is -0.459 e. The highest BCUT2D eigenvalue weighted by atomic mass is 16.6. The Balaban J connectivity index is 1.59. The lowest BCUT2D eigenvalue weighted by Crippen LogP contribution is -2.31. The molecule has 2 heterocycles. The number of allylic oxidation sites excluding steroid dienone is 1. The molecule has 0 spiro atoms. The van der Waals surface area contributed by atoms with Gasteiger partial charge in [-0.2, -0.15) is 5.10 Å². The second-order valence-electron chi connectivity index (χ2n) is 8.43. The number of nitro benzene ring substituents is 2. The van der Waals surface area contributed by atoms with E-state index in [1.807, 2.05) is 6.08 Å². The number of nitrogens with zero attached hydrogens (tertiary/aromatic N) is 4. The Hall–Kier alpha value is -4.60. The number of hydrogen-bond acceptors (Lipinski definition) is 7. The van der Waals surface area contributed by atoms with Crippen molar-refractivity contribution in [1.82, 2.24) is 5.01 Å². The van der Waals surface area contributed by atoms with E-state index in [4.69, 9.17) is 9.52 Å². The van der Waals surface area contributed by atoms with Crippen molar-refractivity contribution in [3.63, 3.8) is 0 Å². The first-order valence-electron chi connectivity index (χ1n) is 11.1. The lowest BCUT2D eigenvalue weighted by atomic mass is 9.77. The van der Waals surface area contributed by atoms with Crippen LogP contribution >= 0.6 is 0 Å². The Morgan fingerprint density at radius 1 is 1.03 bits per heavy atom. The molecule has 1 aliphatic heterocycles. The number of hydrazone groups is 1. The maximum Gasteiger partial charge on any atom is 0.310 e. The first-order valence-corrected chi connectivity index (χ1v) is 11.1. The summed E-state index contributed by atoms with van der Waals surface area (Å²) < 4.78 is 5.32. The molecule has 10 heteroatoms. The average molecular weight is 472 g/mol. The molecular weight excluding hydrogens is 452 g/mol. The molecule has 0 N–H and O–H groups in total. The van der Waals surface area contributed by atoms with Crippen LogP contribution in [0.5, 0.6) is 0 Å². The molecule has 35 heavy (non-hydrogen) atoms. The largest absolute Gasteiger partial charge is 0.459 e. The predicted molar refractivity (Wildman–Crippen MR) is 127 cm³/mol. The van der Waals surface area contributed by atoms with Crippen LogP contribution in [0, 0.1) is 26.1 Å². The van der Waals surface area contributed by atoms with Crippen molar-refractivity contribution >= 4 is 29.1 Å². The predicted octanol–water partition coefficient (Wildman–Crippen LogP) is 5.53. The fourth-order valence-electron chi connectivity index (χ4n) is 4.77. The van der Waals surface area contributed by atoms with Gasteiger partial charge in [0.25, 0.3) is 11.4 Å². The molecule has 0 unspecified atom stereocenters. The zero-order valence-electron chi connectivity index (χ0n) is 18.4. The first kappa shape index (κ1) is 22.2. The molecule has 2 aromatic carbocycles. The zero-order valence-corrected chi connectivity index (χ0v) is 18.4. The number of amides is 1. The van der Waals surface area contributed by atoms with Crippen LogP contribution in [0.2, 0.25) is 0 Å². The maximum absolute atomic E-state index is 13.3. The third-order valence-corrected chi connectivity index (χ3v) is 6.29. The van der Waals surface area contributed by atoms with Gasteiger partial charge in [-0.25, -0.2) is 5.01 Å². The van der Waals surface area contributed by atoms with E-state index in [1.165, 1.54) is 35.5 Å². The molecule has 1 saturated carbocycles. The van der Waals surface area contributed by atoms with Gasteiger partial charge in [0, 0.05) is 30.2 Å². The van der Waals surface area contributed by atoms with Crippen LogP contribution in [0.15, 0.2) is 82.0 Å². The average Bonchev–Trinajstić information content (AvgIpc) is 3.53. The molecule has 0 radical (unpaired) electrons. The fourth-order valence-corrected chi connectivity index (χ4v) is 4.77. The van der Waals surface area contributed by atoms with Crippen molar-refractivity contribution in [1.29, 1.82) is 0 Å². The van der Waals surface area contributed by atoms with Gasteiger partial charge in [0.15, 0.2) is 5.76 Å². The van der Waals surface area contributed by atoms with Crippen molar-refractivity contribution in [3.05, 3.63) is 110 Å². The summed E-state index contributed by atoms with van der Waals surface area (Å²) in [5.41, 5.74) is 2.79. The molecule has 176 valence electrons. The number of carbonyl (C=O) groups excluding carboxylic acids is 1. The quantitative estimate of drug-likeness (QED) is 0.354.